The number of benzene rings is 3. The fourth-order valence-electron chi connectivity index (χ4n) is 2.73. The topological polar surface area (TPSA) is 57.8 Å². The third-order valence-corrected chi connectivity index (χ3v) is 4.01. The van der Waals surface area contributed by atoms with Gasteiger partial charge in [-0.1, -0.05) is 12.1 Å². The van der Waals surface area contributed by atoms with E-state index >= 15 is 0 Å². The number of fused-ring (bicyclic) bond motifs is 1. The number of carbonyl (C=O) groups is 1. The Morgan fingerprint density at radius 2 is 1.74 bits per heavy atom. The lowest BCUT2D eigenvalue weighted by molar-refractivity contribution is 0.102. The normalized spacial score (nSPS) is 10.9. The molecule has 0 radical (unpaired) electrons. The van der Waals surface area contributed by atoms with Crippen molar-refractivity contribution >= 4 is 22.6 Å². The van der Waals surface area contributed by atoms with Crippen LogP contribution in [0.2, 0.25) is 0 Å². The largest absolute Gasteiger partial charge is 0.338 e. The molecule has 0 bridgehead atoms. The van der Waals surface area contributed by atoms with E-state index in [0.29, 0.717) is 34.2 Å². The number of nitrogens with zero attached hydrogens (tertiary/aromatic N) is 1. The molecule has 1 amide bonds. The summed E-state index contributed by atoms with van der Waals surface area (Å²) in [5, 5.41) is 2.56. The lowest BCUT2D eigenvalue weighted by atomic mass is 10.2. The molecule has 3 aromatic carbocycles. The summed E-state index contributed by atoms with van der Waals surface area (Å²) in [6.45, 7) is 0. The summed E-state index contributed by atoms with van der Waals surface area (Å²) in [6, 6.07) is 13.7. The summed E-state index contributed by atoms with van der Waals surface area (Å²) in [6.07, 6.45) is 0. The summed E-state index contributed by atoms with van der Waals surface area (Å²) in [5.41, 5.74) is 1.98. The van der Waals surface area contributed by atoms with Crippen molar-refractivity contribution in [2.45, 2.75) is 0 Å². The fraction of sp³-hybridized carbons (Fsp3) is 0. The van der Waals surface area contributed by atoms with Gasteiger partial charge in [0.15, 0.2) is 0 Å². The molecule has 2 N–H and O–H groups in total. The Balaban J connectivity index is 1.62. The summed E-state index contributed by atoms with van der Waals surface area (Å²) in [5.74, 6) is -2.28. The third-order valence-electron chi connectivity index (χ3n) is 4.01. The van der Waals surface area contributed by atoms with E-state index in [1.54, 1.807) is 30.3 Å². The van der Waals surface area contributed by atoms with E-state index in [2.05, 4.69) is 15.3 Å². The van der Waals surface area contributed by atoms with Crippen LogP contribution in [0.25, 0.3) is 22.4 Å². The van der Waals surface area contributed by atoms with Gasteiger partial charge in [0, 0.05) is 17.3 Å². The number of halogens is 3. The van der Waals surface area contributed by atoms with E-state index in [0.717, 1.165) is 12.1 Å². The SMILES string of the molecule is O=C(Nc1ccc2nc(-c3cccc(F)c3)[nH]c2c1)c1ccc(F)cc1F. The number of aromatic amines is 1. The fourth-order valence-corrected chi connectivity index (χ4v) is 2.73. The summed E-state index contributed by atoms with van der Waals surface area (Å²) in [4.78, 5) is 19.7. The lowest BCUT2D eigenvalue weighted by Crippen LogP contribution is -2.13. The molecule has 1 aromatic heterocycles. The van der Waals surface area contributed by atoms with Crippen LogP contribution in [0.1, 0.15) is 10.4 Å². The maximum absolute atomic E-state index is 13.7. The number of hydrogen-bond acceptors (Lipinski definition) is 2. The van der Waals surface area contributed by atoms with E-state index in [1.807, 2.05) is 0 Å². The second kappa shape index (κ2) is 6.60. The van der Waals surface area contributed by atoms with E-state index < -0.39 is 17.5 Å². The number of anilines is 1. The Bertz CT molecular complexity index is 1170. The molecule has 0 saturated carbocycles. The maximum atomic E-state index is 13.7. The van der Waals surface area contributed by atoms with Crippen molar-refractivity contribution < 1.29 is 18.0 Å². The molecule has 0 saturated heterocycles. The molecule has 0 aliphatic rings. The van der Waals surface area contributed by atoms with Crippen LogP contribution in [0.4, 0.5) is 18.9 Å². The van der Waals surface area contributed by atoms with Crippen molar-refractivity contribution in [2.24, 2.45) is 0 Å². The standard InChI is InChI=1S/C20H12F3N3O/c21-12-3-1-2-11(8-12)19-25-17-7-5-14(10-18(17)26-19)24-20(27)15-6-4-13(22)9-16(15)23/h1-10H,(H,24,27)(H,25,26). The molecule has 4 nitrogen and oxygen atoms in total. The lowest BCUT2D eigenvalue weighted by Gasteiger charge is -2.06. The number of rotatable bonds is 3. The first kappa shape index (κ1) is 16.8. The highest BCUT2D eigenvalue weighted by atomic mass is 19.1. The van der Waals surface area contributed by atoms with Gasteiger partial charge in [0.1, 0.15) is 23.3 Å². The van der Waals surface area contributed by atoms with Crippen LogP contribution >= 0.6 is 0 Å². The highest BCUT2D eigenvalue weighted by molar-refractivity contribution is 6.05. The number of aromatic nitrogens is 2. The van der Waals surface area contributed by atoms with Gasteiger partial charge in [-0.25, -0.2) is 18.2 Å². The molecular weight excluding hydrogens is 355 g/mol. The number of hydrogen-bond donors (Lipinski definition) is 2. The Labute approximate surface area is 151 Å². The van der Waals surface area contributed by atoms with Crippen molar-refractivity contribution in [2.75, 3.05) is 5.32 Å². The van der Waals surface area contributed by atoms with Gasteiger partial charge < -0.3 is 10.3 Å². The zero-order valence-electron chi connectivity index (χ0n) is 13.8. The molecule has 1 heterocycles. The van der Waals surface area contributed by atoms with Crippen LogP contribution in [0, 0.1) is 17.5 Å². The van der Waals surface area contributed by atoms with Gasteiger partial charge in [0.05, 0.1) is 16.6 Å². The molecule has 0 atom stereocenters. The summed E-state index contributed by atoms with van der Waals surface area (Å²) < 4.78 is 40.1. The van der Waals surface area contributed by atoms with Gasteiger partial charge in [-0.15, -0.1) is 0 Å². The van der Waals surface area contributed by atoms with E-state index in [-0.39, 0.29) is 11.4 Å². The zero-order valence-corrected chi connectivity index (χ0v) is 13.8. The first-order valence-electron chi connectivity index (χ1n) is 8.02. The second-order valence-corrected chi connectivity index (χ2v) is 5.91. The molecule has 0 aliphatic heterocycles. The van der Waals surface area contributed by atoms with Crippen molar-refractivity contribution in [1.29, 1.82) is 0 Å². The van der Waals surface area contributed by atoms with Crippen LogP contribution < -0.4 is 5.32 Å². The molecule has 0 aliphatic carbocycles. The predicted molar refractivity (Wildman–Crippen MR) is 95.8 cm³/mol. The van der Waals surface area contributed by atoms with E-state index in [1.165, 1.54) is 12.1 Å². The molecule has 4 aromatic rings. The monoisotopic (exact) mass is 367 g/mol. The summed E-state index contributed by atoms with van der Waals surface area (Å²) >= 11 is 0. The number of amides is 1. The smallest absolute Gasteiger partial charge is 0.258 e. The van der Waals surface area contributed by atoms with Gasteiger partial charge in [0.25, 0.3) is 5.91 Å². The number of nitrogens with one attached hydrogen (secondary N) is 2. The van der Waals surface area contributed by atoms with Gasteiger partial charge in [-0.05, 0) is 42.5 Å². The Morgan fingerprint density at radius 3 is 2.52 bits per heavy atom. The van der Waals surface area contributed by atoms with Crippen LogP contribution in [-0.4, -0.2) is 15.9 Å². The Kier molecular flexibility index (Phi) is 4.12. The maximum Gasteiger partial charge on any atom is 0.258 e. The van der Waals surface area contributed by atoms with Crippen LogP contribution in [-0.2, 0) is 0 Å². The molecule has 134 valence electrons. The van der Waals surface area contributed by atoms with Crippen molar-refractivity contribution in [3.05, 3.63) is 83.7 Å². The number of H-pyrrole nitrogens is 1. The molecule has 0 fully saturated rings. The molecule has 27 heavy (non-hydrogen) atoms. The minimum absolute atomic E-state index is 0.262. The second-order valence-electron chi connectivity index (χ2n) is 5.91. The average Bonchev–Trinajstić information content (AvgIpc) is 3.05. The first-order valence-corrected chi connectivity index (χ1v) is 8.02. The number of imidazole rings is 1. The van der Waals surface area contributed by atoms with Crippen LogP contribution in [0.3, 0.4) is 0 Å². The van der Waals surface area contributed by atoms with Crippen LogP contribution in [0.15, 0.2) is 60.7 Å². The minimum Gasteiger partial charge on any atom is -0.338 e. The summed E-state index contributed by atoms with van der Waals surface area (Å²) in [7, 11) is 0. The Hall–Kier alpha value is -3.61. The predicted octanol–water partition coefficient (Wildman–Crippen LogP) is 4.90. The molecule has 0 spiro atoms. The van der Waals surface area contributed by atoms with E-state index in [4.69, 9.17) is 0 Å². The average molecular weight is 367 g/mol. The molecule has 7 heteroatoms. The molecule has 4 rings (SSSR count). The van der Waals surface area contributed by atoms with Gasteiger partial charge >= 0.3 is 0 Å². The van der Waals surface area contributed by atoms with Gasteiger partial charge in [-0.2, -0.15) is 0 Å². The quantitative estimate of drug-likeness (QED) is 0.541. The first-order chi connectivity index (χ1) is 13.0. The third kappa shape index (κ3) is 3.39. The molecule has 0 unspecified atom stereocenters. The highest BCUT2D eigenvalue weighted by Crippen LogP contribution is 2.24. The van der Waals surface area contributed by atoms with Crippen LogP contribution in [0.5, 0.6) is 0 Å². The minimum atomic E-state index is -0.941. The van der Waals surface area contributed by atoms with Gasteiger partial charge in [0.2, 0.25) is 0 Å². The van der Waals surface area contributed by atoms with Crippen molar-refractivity contribution in [3.8, 4) is 11.4 Å². The number of carbonyl (C=O) groups excluding carboxylic acids is 1. The highest BCUT2D eigenvalue weighted by Gasteiger charge is 2.13. The van der Waals surface area contributed by atoms with E-state index in [9.17, 15) is 18.0 Å². The Morgan fingerprint density at radius 1 is 0.926 bits per heavy atom. The zero-order chi connectivity index (χ0) is 19.0. The van der Waals surface area contributed by atoms with Crippen molar-refractivity contribution in [1.82, 2.24) is 9.97 Å². The molecular formula is C20H12F3N3O. The van der Waals surface area contributed by atoms with Crippen molar-refractivity contribution in [3.63, 3.8) is 0 Å². The van der Waals surface area contributed by atoms with Gasteiger partial charge in [-0.3, -0.25) is 4.79 Å².